The Hall–Kier alpha value is -0.420. The third kappa shape index (κ3) is 4.46. The molecule has 0 aliphatic rings. The van der Waals surface area contributed by atoms with E-state index in [9.17, 15) is 14.5 Å². The van der Waals surface area contributed by atoms with E-state index in [0.717, 1.165) is 0 Å². The predicted molar refractivity (Wildman–Crippen MR) is 29.9 cm³/mol. The number of aliphatic carboxylic acids is 1. The molecule has 0 rings (SSSR count). The van der Waals surface area contributed by atoms with Crippen LogP contribution < -0.4 is 10.8 Å². The van der Waals surface area contributed by atoms with Crippen molar-refractivity contribution in [3.63, 3.8) is 0 Å². The zero-order valence-electron chi connectivity index (χ0n) is 4.93. The zero-order chi connectivity index (χ0) is 8.36. The lowest BCUT2D eigenvalue weighted by Crippen LogP contribution is -2.44. The van der Waals surface area contributed by atoms with Gasteiger partial charge in [-0.05, 0) is 0 Å². The van der Waals surface area contributed by atoms with Gasteiger partial charge in [0.1, 0.15) is 0 Å². The van der Waals surface area contributed by atoms with Crippen LogP contribution in [0.4, 0.5) is 0 Å². The predicted octanol–water partition coefficient (Wildman–Crippen LogP) is -2.76. The molecule has 0 aromatic rings. The molecular weight excluding hydrogens is 161 g/mol. The minimum atomic E-state index is -4.32. The van der Waals surface area contributed by atoms with Gasteiger partial charge in [-0.25, -0.2) is 0 Å². The minimum absolute atomic E-state index is 0.880. The first kappa shape index (κ1) is 9.58. The fourth-order valence-corrected chi connectivity index (χ4v) is 0.992. The smallest absolute Gasteiger partial charge is 0.327 e. The molecule has 6 nitrogen and oxygen atoms in total. The van der Waals surface area contributed by atoms with Gasteiger partial charge in [0.25, 0.3) is 0 Å². The van der Waals surface area contributed by atoms with E-state index in [4.69, 9.17) is 15.5 Å². The van der Waals surface area contributed by atoms with Gasteiger partial charge in [-0.2, -0.15) is 0 Å². The number of carbonyl (C=O) groups excluding carboxylic acids is 1. The Morgan fingerprint density at radius 2 is 2.10 bits per heavy atom. The Morgan fingerprint density at radius 1 is 1.70 bits per heavy atom. The van der Waals surface area contributed by atoms with Crippen molar-refractivity contribution < 1.29 is 24.3 Å². The van der Waals surface area contributed by atoms with Crippen LogP contribution in [-0.2, 0) is 9.36 Å². The fraction of sp³-hybridized carbons (Fsp3) is 0.667. The Bertz CT molecular complexity index is 174. The first-order valence-corrected chi connectivity index (χ1v) is 4.13. The van der Waals surface area contributed by atoms with E-state index in [1.807, 2.05) is 0 Å². The molecule has 0 amide bonds. The molecule has 7 heteroatoms. The molecule has 0 aliphatic carbocycles. The van der Waals surface area contributed by atoms with Gasteiger partial charge in [0, 0.05) is 0 Å². The number of hydrogen-bond donors (Lipinski definition) is 3. The van der Waals surface area contributed by atoms with Crippen molar-refractivity contribution in [2.45, 2.75) is 6.04 Å². The summed E-state index contributed by atoms with van der Waals surface area (Å²) < 4.78 is 10.1. The van der Waals surface area contributed by atoms with E-state index in [1.165, 1.54) is 0 Å². The van der Waals surface area contributed by atoms with Gasteiger partial charge in [0.15, 0.2) is 0 Å². The molecule has 0 saturated carbocycles. The highest BCUT2D eigenvalue weighted by Gasteiger charge is 2.18. The molecule has 0 radical (unpaired) electrons. The molecule has 0 aromatic heterocycles. The second kappa shape index (κ2) is 3.12. The highest BCUT2D eigenvalue weighted by molar-refractivity contribution is 7.51. The van der Waals surface area contributed by atoms with Gasteiger partial charge in [0.2, 0.25) is 0 Å². The first-order chi connectivity index (χ1) is 4.33. The molecule has 0 heterocycles. The van der Waals surface area contributed by atoms with E-state index in [1.54, 1.807) is 0 Å². The molecular formula is C3H7NO5P-. The largest absolute Gasteiger partial charge is 0.548 e. The average Bonchev–Trinajstić information content (AvgIpc) is 1.60. The van der Waals surface area contributed by atoms with Crippen LogP contribution in [0, 0.1) is 0 Å². The van der Waals surface area contributed by atoms with Crippen LogP contribution in [0.2, 0.25) is 0 Å². The summed E-state index contributed by atoms with van der Waals surface area (Å²) in [6.45, 7) is 0. The molecule has 10 heavy (non-hydrogen) atoms. The Labute approximate surface area is 56.8 Å². The number of carboxylic acids is 1. The van der Waals surface area contributed by atoms with Gasteiger partial charge in [0.05, 0.1) is 18.2 Å². The molecule has 0 aliphatic heterocycles. The van der Waals surface area contributed by atoms with E-state index in [0.29, 0.717) is 0 Å². The van der Waals surface area contributed by atoms with Crippen molar-refractivity contribution in [1.82, 2.24) is 0 Å². The topological polar surface area (TPSA) is 124 Å². The SMILES string of the molecule is NC(CP(=O)(O)O)C(=O)[O-]. The van der Waals surface area contributed by atoms with Crippen molar-refractivity contribution in [3.05, 3.63) is 0 Å². The Balaban J connectivity index is 3.93. The van der Waals surface area contributed by atoms with Crippen molar-refractivity contribution in [2.75, 3.05) is 6.16 Å². The summed E-state index contributed by atoms with van der Waals surface area (Å²) in [6.07, 6.45) is -0.880. The molecule has 1 unspecified atom stereocenters. The van der Waals surface area contributed by atoms with E-state index < -0.39 is 25.8 Å². The van der Waals surface area contributed by atoms with Gasteiger partial charge in [-0.15, -0.1) is 0 Å². The van der Waals surface area contributed by atoms with Gasteiger partial charge >= 0.3 is 7.60 Å². The van der Waals surface area contributed by atoms with Crippen LogP contribution in [-0.4, -0.2) is 28.0 Å². The third-order valence-electron chi connectivity index (χ3n) is 0.737. The summed E-state index contributed by atoms with van der Waals surface area (Å²) >= 11 is 0. The number of hydrogen-bond acceptors (Lipinski definition) is 4. The molecule has 0 aromatic carbocycles. The van der Waals surface area contributed by atoms with Crippen LogP contribution in [0.3, 0.4) is 0 Å². The first-order valence-electron chi connectivity index (χ1n) is 2.34. The van der Waals surface area contributed by atoms with Crippen LogP contribution in [0.5, 0.6) is 0 Å². The summed E-state index contributed by atoms with van der Waals surface area (Å²) in [5, 5.41) is 9.80. The lowest BCUT2D eigenvalue weighted by Gasteiger charge is -2.12. The second-order valence-electron chi connectivity index (χ2n) is 1.77. The summed E-state index contributed by atoms with van der Waals surface area (Å²) in [7, 11) is -4.32. The third-order valence-corrected chi connectivity index (χ3v) is 1.61. The maximum atomic E-state index is 10.1. The molecule has 0 bridgehead atoms. The quantitative estimate of drug-likeness (QED) is 0.392. The molecule has 1 atom stereocenters. The monoisotopic (exact) mass is 168 g/mol. The molecule has 0 spiro atoms. The summed E-state index contributed by atoms with van der Waals surface area (Å²) in [5.74, 6) is -1.66. The molecule has 0 fully saturated rings. The van der Waals surface area contributed by atoms with Crippen molar-refractivity contribution in [3.8, 4) is 0 Å². The lowest BCUT2D eigenvalue weighted by molar-refractivity contribution is -0.306. The van der Waals surface area contributed by atoms with Gasteiger partial charge in [-0.3, -0.25) is 4.57 Å². The van der Waals surface area contributed by atoms with Gasteiger partial charge < -0.3 is 25.4 Å². The molecule has 4 N–H and O–H groups in total. The number of carbonyl (C=O) groups is 1. The normalized spacial score (nSPS) is 14.7. The van der Waals surface area contributed by atoms with E-state index >= 15 is 0 Å². The summed E-state index contributed by atoms with van der Waals surface area (Å²) in [4.78, 5) is 26.2. The Morgan fingerprint density at radius 3 is 2.20 bits per heavy atom. The van der Waals surface area contributed by atoms with Crippen molar-refractivity contribution >= 4 is 13.6 Å². The highest BCUT2D eigenvalue weighted by atomic mass is 31.2. The van der Waals surface area contributed by atoms with Crippen LogP contribution >= 0.6 is 7.60 Å². The second-order valence-corrected chi connectivity index (χ2v) is 3.47. The maximum absolute atomic E-state index is 10.1. The summed E-state index contributed by atoms with van der Waals surface area (Å²) in [6, 6.07) is -1.60. The lowest BCUT2D eigenvalue weighted by atomic mass is 10.4. The average molecular weight is 168 g/mol. The summed E-state index contributed by atoms with van der Waals surface area (Å²) in [5.41, 5.74) is 4.75. The zero-order valence-corrected chi connectivity index (χ0v) is 5.82. The van der Waals surface area contributed by atoms with Crippen molar-refractivity contribution in [1.29, 1.82) is 0 Å². The number of rotatable bonds is 3. The minimum Gasteiger partial charge on any atom is -0.548 e. The molecule has 60 valence electrons. The van der Waals surface area contributed by atoms with E-state index in [-0.39, 0.29) is 0 Å². The van der Waals surface area contributed by atoms with Gasteiger partial charge in [-0.1, -0.05) is 0 Å². The van der Waals surface area contributed by atoms with Crippen LogP contribution in [0.1, 0.15) is 0 Å². The number of nitrogens with two attached hydrogens (primary N) is 1. The van der Waals surface area contributed by atoms with Crippen LogP contribution in [0.15, 0.2) is 0 Å². The number of carboxylic acid groups (broad SMARTS) is 1. The fourth-order valence-electron chi connectivity index (χ4n) is 0.331. The van der Waals surface area contributed by atoms with Crippen molar-refractivity contribution in [2.24, 2.45) is 5.73 Å². The standard InChI is InChI=1S/C3H8NO5P/c4-2(3(5)6)1-10(7,8)9/h2H,1,4H2,(H,5,6)(H2,7,8,9)/p-1. The molecule has 0 saturated heterocycles. The van der Waals surface area contributed by atoms with E-state index in [2.05, 4.69) is 0 Å². The highest BCUT2D eigenvalue weighted by Crippen LogP contribution is 2.34. The Kier molecular flexibility index (Phi) is 2.98. The van der Waals surface area contributed by atoms with Crippen LogP contribution in [0.25, 0.3) is 0 Å². The maximum Gasteiger partial charge on any atom is 0.327 e.